The van der Waals surface area contributed by atoms with Crippen molar-refractivity contribution in [2.45, 2.75) is 63.7 Å². The third-order valence-corrected chi connectivity index (χ3v) is 3.17. The van der Waals surface area contributed by atoms with Crippen LogP contribution < -0.4 is 10.6 Å². The molecule has 7 N–H and O–H groups in total. The third kappa shape index (κ3) is 7.88. The first kappa shape index (κ1) is 21.2. The van der Waals surface area contributed by atoms with Crippen LogP contribution in [0.1, 0.15) is 33.6 Å². The number of nitrogens with one attached hydrogen (secondary N) is 2. The van der Waals surface area contributed by atoms with Crippen molar-refractivity contribution in [3.05, 3.63) is 0 Å². The van der Waals surface area contributed by atoms with Gasteiger partial charge in [0.2, 0.25) is 11.8 Å². The van der Waals surface area contributed by atoms with Gasteiger partial charge >= 0.3 is 5.97 Å². The topological polar surface area (TPSA) is 176 Å². The van der Waals surface area contributed by atoms with Gasteiger partial charge in [0, 0.05) is 20.3 Å². The minimum atomic E-state index is -3.18. The van der Waals surface area contributed by atoms with Crippen LogP contribution in [-0.2, 0) is 14.4 Å². The van der Waals surface area contributed by atoms with Gasteiger partial charge in [-0.2, -0.15) is 0 Å². The highest BCUT2D eigenvalue weighted by molar-refractivity contribution is 5.75. The predicted octanol–water partition coefficient (Wildman–Crippen LogP) is -2.72. The number of hydrogen-bond donors (Lipinski definition) is 7. The maximum Gasteiger partial charge on any atom is 0.364 e. The number of carboxylic acid groups (broad SMARTS) is 1. The fourth-order valence-corrected chi connectivity index (χ4v) is 2.01. The van der Waals surface area contributed by atoms with Gasteiger partial charge in [0.1, 0.15) is 0 Å². The second-order valence-electron chi connectivity index (χ2n) is 5.48. The lowest BCUT2D eigenvalue weighted by Gasteiger charge is -2.31. The van der Waals surface area contributed by atoms with E-state index in [-0.39, 0.29) is 6.42 Å². The SMILES string of the molecule is CC(=O)N[C@@H](C[C@H](NC(C)=O)[C@@H](C)O)[C@H](O)CC(O)(O)C(=O)O. The summed E-state index contributed by atoms with van der Waals surface area (Å²) in [5.74, 6) is -6.13. The quantitative estimate of drug-likeness (QED) is 0.222. The minimum absolute atomic E-state index is 0.145. The Labute approximate surface area is 133 Å². The summed E-state index contributed by atoms with van der Waals surface area (Å²) in [6.45, 7) is 3.76. The van der Waals surface area contributed by atoms with E-state index in [0.29, 0.717) is 0 Å². The van der Waals surface area contributed by atoms with E-state index in [1.54, 1.807) is 0 Å². The Bertz CT molecular complexity index is 438. The molecule has 0 aliphatic rings. The first-order valence-electron chi connectivity index (χ1n) is 6.95. The first-order chi connectivity index (χ1) is 10.4. The summed E-state index contributed by atoms with van der Waals surface area (Å²) in [5.41, 5.74) is 0. The van der Waals surface area contributed by atoms with Crippen molar-refractivity contribution in [2.75, 3.05) is 0 Å². The van der Waals surface area contributed by atoms with E-state index in [9.17, 15) is 34.8 Å². The Morgan fingerprint density at radius 3 is 1.78 bits per heavy atom. The largest absolute Gasteiger partial charge is 0.477 e. The zero-order chi connectivity index (χ0) is 18.4. The van der Waals surface area contributed by atoms with Crippen LogP contribution in [-0.4, -0.2) is 73.4 Å². The summed E-state index contributed by atoms with van der Waals surface area (Å²) in [6, 6.07) is -1.95. The number of carbonyl (C=O) groups is 3. The van der Waals surface area contributed by atoms with Crippen molar-refractivity contribution in [1.29, 1.82) is 0 Å². The highest BCUT2D eigenvalue weighted by atomic mass is 16.5. The predicted molar refractivity (Wildman–Crippen MR) is 76.9 cm³/mol. The number of carbonyl (C=O) groups excluding carboxylic acids is 2. The Morgan fingerprint density at radius 1 is 1.00 bits per heavy atom. The molecule has 0 saturated carbocycles. The van der Waals surface area contributed by atoms with Crippen LogP contribution in [0, 0.1) is 0 Å². The van der Waals surface area contributed by atoms with Crippen LogP contribution >= 0.6 is 0 Å². The van der Waals surface area contributed by atoms with Crippen molar-refractivity contribution in [1.82, 2.24) is 10.6 Å². The minimum Gasteiger partial charge on any atom is -0.477 e. The molecule has 0 radical (unpaired) electrons. The normalized spacial score (nSPS) is 16.8. The summed E-state index contributed by atoms with van der Waals surface area (Å²) in [5, 5.41) is 51.7. The maximum absolute atomic E-state index is 11.2. The van der Waals surface area contributed by atoms with Gasteiger partial charge in [-0.25, -0.2) is 4.79 Å². The second kappa shape index (κ2) is 8.77. The number of rotatable bonds is 9. The van der Waals surface area contributed by atoms with Crippen molar-refractivity contribution in [2.24, 2.45) is 0 Å². The summed E-state index contributed by atoms with van der Waals surface area (Å²) < 4.78 is 0. The van der Waals surface area contributed by atoms with Gasteiger partial charge < -0.3 is 36.2 Å². The zero-order valence-electron chi connectivity index (χ0n) is 13.2. The van der Waals surface area contributed by atoms with Crippen LogP contribution in [0.5, 0.6) is 0 Å². The van der Waals surface area contributed by atoms with Gasteiger partial charge in [0.05, 0.1) is 24.3 Å². The highest BCUT2D eigenvalue weighted by Gasteiger charge is 2.39. The monoisotopic (exact) mass is 336 g/mol. The fraction of sp³-hybridized carbons (Fsp3) is 0.769. The zero-order valence-corrected chi connectivity index (χ0v) is 13.2. The van der Waals surface area contributed by atoms with Gasteiger partial charge in [0.15, 0.2) is 0 Å². The summed E-state index contributed by atoms with van der Waals surface area (Å²) in [6.07, 6.45) is -3.78. The number of amides is 2. The Kier molecular flexibility index (Phi) is 8.10. The van der Waals surface area contributed by atoms with E-state index in [1.165, 1.54) is 13.8 Å². The average Bonchev–Trinajstić information content (AvgIpc) is 2.34. The molecule has 10 nitrogen and oxygen atoms in total. The first-order valence-corrected chi connectivity index (χ1v) is 6.95. The van der Waals surface area contributed by atoms with Crippen LogP contribution in [0.2, 0.25) is 0 Å². The van der Waals surface area contributed by atoms with Crippen molar-refractivity contribution >= 4 is 17.8 Å². The van der Waals surface area contributed by atoms with E-state index in [4.69, 9.17) is 5.11 Å². The molecule has 0 rings (SSSR count). The van der Waals surface area contributed by atoms with Gasteiger partial charge in [-0.05, 0) is 13.3 Å². The van der Waals surface area contributed by atoms with Gasteiger partial charge in [-0.3, -0.25) is 9.59 Å². The average molecular weight is 336 g/mol. The van der Waals surface area contributed by atoms with E-state index >= 15 is 0 Å². The lowest BCUT2D eigenvalue weighted by molar-refractivity contribution is -0.213. The summed E-state index contributed by atoms with van der Waals surface area (Å²) >= 11 is 0. The molecule has 0 unspecified atom stereocenters. The van der Waals surface area contributed by atoms with Gasteiger partial charge in [0.25, 0.3) is 5.79 Å². The molecule has 23 heavy (non-hydrogen) atoms. The van der Waals surface area contributed by atoms with Crippen molar-refractivity contribution in [3.8, 4) is 0 Å². The van der Waals surface area contributed by atoms with Crippen LogP contribution in [0.4, 0.5) is 0 Å². The Morgan fingerprint density at radius 2 is 1.43 bits per heavy atom. The Balaban J connectivity index is 5.14. The maximum atomic E-state index is 11.2. The Hall–Kier alpha value is -1.75. The van der Waals surface area contributed by atoms with Gasteiger partial charge in [-0.15, -0.1) is 0 Å². The van der Waals surface area contributed by atoms with Crippen molar-refractivity contribution in [3.63, 3.8) is 0 Å². The molecule has 134 valence electrons. The van der Waals surface area contributed by atoms with Crippen molar-refractivity contribution < 1.29 is 39.9 Å². The molecule has 0 aromatic rings. The number of aliphatic carboxylic acids is 1. The van der Waals surface area contributed by atoms with E-state index in [0.717, 1.165) is 6.92 Å². The molecule has 0 bridgehead atoms. The molecule has 0 fully saturated rings. The number of aliphatic hydroxyl groups is 4. The van der Waals surface area contributed by atoms with Crippen LogP contribution in [0.25, 0.3) is 0 Å². The molecular formula is C13H24N2O8. The lowest BCUT2D eigenvalue weighted by atomic mass is 9.94. The standard InChI is InChI=1S/C13H24N2O8/c1-6(16)9(14-7(2)17)4-10(15-8(3)18)11(19)5-13(22,23)12(20)21/h6,9-11,16,19,22-23H,4-5H2,1-3H3,(H,14,17)(H,15,18)(H,20,21)/t6-,9+,10+,11-/m1/s1. The van der Waals surface area contributed by atoms with Gasteiger partial charge in [-0.1, -0.05) is 0 Å². The smallest absolute Gasteiger partial charge is 0.364 e. The lowest BCUT2D eigenvalue weighted by Crippen LogP contribution is -2.53. The van der Waals surface area contributed by atoms with E-state index in [2.05, 4.69) is 10.6 Å². The molecule has 0 aromatic carbocycles. The van der Waals surface area contributed by atoms with E-state index < -0.39 is 54.3 Å². The number of hydrogen-bond acceptors (Lipinski definition) is 7. The fourth-order valence-electron chi connectivity index (χ4n) is 2.01. The third-order valence-electron chi connectivity index (χ3n) is 3.17. The number of aliphatic hydroxyl groups excluding tert-OH is 2. The van der Waals surface area contributed by atoms with Crippen LogP contribution in [0.3, 0.4) is 0 Å². The number of carboxylic acids is 1. The molecule has 0 saturated heterocycles. The molecule has 0 heterocycles. The molecular weight excluding hydrogens is 312 g/mol. The molecule has 0 aromatic heterocycles. The summed E-state index contributed by atoms with van der Waals surface area (Å²) in [4.78, 5) is 33.0. The highest BCUT2D eigenvalue weighted by Crippen LogP contribution is 2.16. The molecule has 0 spiro atoms. The molecule has 4 atom stereocenters. The molecule has 0 aliphatic heterocycles. The molecule has 2 amide bonds. The molecule has 10 heteroatoms. The van der Waals surface area contributed by atoms with Crippen LogP contribution in [0.15, 0.2) is 0 Å². The second-order valence-corrected chi connectivity index (χ2v) is 5.48. The summed E-state index contributed by atoms with van der Waals surface area (Å²) in [7, 11) is 0. The van der Waals surface area contributed by atoms with E-state index in [1.807, 2.05) is 0 Å². The molecule has 0 aliphatic carbocycles.